The molecule has 4 nitrogen and oxygen atoms in total. The number of rotatable bonds is 4. The van der Waals surface area contributed by atoms with Crippen LogP contribution >= 0.6 is 11.3 Å². The first-order valence-electron chi connectivity index (χ1n) is 9.13. The Balaban J connectivity index is 1.33. The highest BCUT2D eigenvalue weighted by Gasteiger charge is 2.43. The van der Waals surface area contributed by atoms with Gasteiger partial charge in [-0.05, 0) is 52.5 Å². The Kier molecular flexibility index (Phi) is 4.47. The molecule has 0 radical (unpaired) electrons. The lowest BCUT2D eigenvalue weighted by Gasteiger charge is -2.31. The second kappa shape index (κ2) is 6.43. The van der Waals surface area contributed by atoms with E-state index in [1.165, 1.54) is 41.3 Å². The van der Waals surface area contributed by atoms with Gasteiger partial charge < -0.3 is 9.47 Å². The van der Waals surface area contributed by atoms with Crippen LogP contribution in [0.25, 0.3) is 0 Å². The van der Waals surface area contributed by atoms with Gasteiger partial charge in [-0.1, -0.05) is 0 Å². The van der Waals surface area contributed by atoms with Crippen LogP contribution in [0.2, 0.25) is 0 Å². The summed E-state index contributed by atoms with van der Waals surface area (Å²) in [5.74, 6) is -0.212. The predicted octanol–water partition coefficient (Wildman–Crippen LogP) is 3.84. The molecule has 1 aliphatic heterocycles. The van der Waals surface area contributed by atoms with Crippen molar-refractivity contribution in [2.75, 3.05) is 20.2 Å². The van der Waals surface area contributed by atoms with E-state index in [0.29, 0.717) is 6.04 Å². The van der Waals surface area contributed by atoms with E-state index in [0.717, 1.165) is 38.8 Å². The van der Waals surface area contributed by atoms with E-state index in [1.54, 1.807) is 0 Å². The summed E-state index contributed by atoms with van der Waals surface area (Å²) in [5.41, 5.74) is 1.35. The van der Waals surface area contributed by atoms with E-state index in [4.69, 9.17) is 14.5 Å². The van der Waals surface area contributed by atoms with Crippen molar-refractivity contribution >= 4 is 11.3 Å². The number of hydrogen-bond acceptors (Lipinski definition) is 5. The van der Waals surface area contributed by atoms with E-state index >= 15 is 0 Å². The molecular formula is C18H28N2O2S. The molecular weight excluding hydrogens is 308 g/mol. The van der Waals surface area contributed by atoms with Crippen molar-refractivity contribution in [1.29, 1.82) is 0 Å². The minimum atomic E-state index is -0.212. The molecule has 4 rings (SSSR count). The molecule has 1 aromatic heterocycles. The number of thiazole rings is 1. The van der Waals surface area contributed by atoms with Crippen LogP contribution in [-0.2, 0) is 15.9 Å². The molecule has 128 valence electrons. The maximum absolute atomic E-state index is 6.26. The Morgan fingerprint density at radius 2 is 2.13 bits per heavy atom. The summed E-state index contributed by atoms with van der Waals surface area (Å²) in [6.45, 7) is 3.99. The number of hydrogen-bond donors (Lipinski definition) is 0. The standard InChI is InChI=1S/C18H28N2O2S/c1-13-19-15-6-5-7-16(17(15)23-13)20(2)11-8-14-12-21-18(22-14)9-3-4-10-18/h14,16H,3-12H2,1-2H3. The van der Waals surface area contributed by atoms with Gasteiger partial charge in [0.25, 0.3) is 0 Å². The van der Waals surface area contributed by atoms with Crippen LogP contribution in [0, 0.1) is 6.92 Å². The molecule has 2 aliphatic carbocycles. The average Bonchev–Trinajstić information content (AvgIpc) is 3.25. The fourth-order valence-corrected chi connectivity index (χ4v) is 5.55. The zero-order chi connectivity index (χ0) is 15.9. The van der Waals surface area contributed by atoms with Crippen molar-refractivity contribution in [3.8, 4) is 0 Å². The highest BCUT2D eigenvalue weighted by molar-refractivity contribution is 7.11. The highest BCUT2D eigenvalue weighted by atomic mass is 32.1. The first-order valence-corrected chi connectivity index (χ1v) is 9.95. The summed E-state index contributed by atoms with van der Waals surface area (Å²) in [4.78, 5) is 8.74. The molecule has 1 spiro atoms. The van der Waals surface area contributed by atoms with Crippen LogP contribution in [0.15, 0.2) is 0 Å². The molecule has 0 amide bonds. The van der Waals surface area contributed by atoms with Gasteiger partial charge in [0, 0.05) is 30.3 Å². The number of aromatic nitrogens is 1. The molecule has 0 aromatic carbocycles. The van der Waals surface area contributed by atoms with Gasteiger partial charge in [-0.3, -0.25) is 4.90 Å². The van der Waals surface area contributed by atoms with Crippen LogP contribution in [0.4, 0.5) is 0 Å². The first kappa shape index (κ1) is 16.0. The zero-order valence-electron chi connectivity index (χ0n) is 14.3. The van der Waals surface area contributed by atoms with Crippen molar-refractivity contribution in [3.63, 3.8) is 0 Å². The minimum Gasteiger partial charge on any atom is -0.347 e. The molecule has 2 unspecified atom stereocenters. The molecule has 1 saturated carbocycles. The average molecular weight is 337 g/mol. The molecule has 23 heavy (non-hydrogen) atoms. The second-order valence-corrected chi connectivity index (χ2v) is 8.62. The number of aryl methyl sites for hydroxylation is 2. The van der Waals surface area contributed by atoms with Gasteiger partial charge >= 0.3 is 0 Å². The van der Waals surface area contributed by atoms with E-state index in [1.807, 2.05) is 11.3 Å². The Hall–Kier alpha value is -0.490. The van der Waals surface area contributed by atoms with Crippen LogP contribution in [0.3, 0.4) is 0 Å². The molecule has 0 bridgehead atoms. The maximum atomic E-state index is 6.26. The third-order valence-electron chi connectivity index (χ3n) is 5.64. The van der Waals surface area contributed by atoms with Crippen LogP contribution in [-0.4, -0.2) is 42.0 Å². The summed E-state index contributed by atoms with van der Waals surface area (Å²) in [5, 5.41) is 1.21. The van der Waals surface area contributed by atoms with Crippen LogP contribution in [0.5, 0.6) is 0 Å². The van der Waals surface area contributed by atoms with E-state index in [2.05, 4.69) is 18.9 Å². The van der Waals surface area contributed by atoms with Crippen molar-refractivity contribution in [2.45, 2.75) is 76.2 Å². The number of fused-ring (bicyclic) bond motifs is 1. The van der Waals surface area contributed by atoms with Gasteiger partial charge in [-0.15, -0.1) is 11.3 Å². The topological polar surface area (TPSA) is 34.6 Å². The molecule has 3 aliphatic rings. The van der Waals surface area contributed by atoms with Crippen molar-refractivity contribution in [3.05, 3.63) is 15.6 Å². The largest absolute Gasteiger partial charge is 0.347 e. The Bertz CT molecular complexity index is 553. The lowest BCUT2D eigenvalue weighted by atomic mass is 9.97. The van der Waals surface area contributed by atoms with Gasteiger partial charge in [0.15, 0.2) is 5.79 Å². The molecule has 0 N–H and O–H groups in total. The Morgan fingerprint density at radius 3 is 2.96 bits per heavy atom. The van der Waals surface area contributed by atoms with Gasteiger partial charge in [-0.2, -0.15) is 0 Å². The van der Waals surface area contributed by atoms with E-state index in [-0.39, 0.29) is 11.9 Å². The third kappa shape index (κ3) is 3.21. The van der Waals surface area contributed by atoms with Crippen molar-refractivity contribution < 1.29 is 9.47 Å². The normalized spacial score (nSPS) is 29.5. The van der Waals surface area contributed by atoms with Gasteiger partial charge in [0.05, 0.1) is 23.4 Å². The maximum Gasteiger partial charge on any atom is 0.168 e. The van der Waals surface area contributed by atoms with Crippen molar-refractivity contribution in [2.24, 2.45) is 0 Å². The molecule has 2 atom stereocenters. The Morgan fingerprint density at radius 1 is 1.30 bits per heavy atom. The molecule has 2 heterocycles. The smallest absolute Gasteiger partial charge is 0.168 e. The fourth-order valence-electron chi connectivity index (χ4n) is 4.38. The highest BCUT2D eigenvalue weighted by Crippen LogP contribution is 2.41. The SMILES string of the molecule is Cc1nc2c(s1)C(N(C)CCC1COC3(CCCC3)O1)CCC2. The molecule has 1 aromatic rings. The zero-order valence-corrected chi connectivity index (χ0v) is 15.2. The number of ether oxygens (including phenoxy) is 2. The Labute approximate surface area is 143 Å². The second-order valence-electron chi connectivity index (χ2n) is 7.39. The lowest BCUT2D eigenvalue weighted by molar-refractivity contribution is -0.162. The van der Waals surface area contributed by atoms with Crippen LogP contribution < -0.4 is 0 Å². The van der Waals surface area contributed by atoms with Gasteiger partial charge in [-0.25, -0.2) is 4.98 Å². The molecule has 1 saturated heterocycles. The van der Waals surface area contributed by atoms with Gasteiger partial charge in [0.1, 0.15) is 0 Å². The molecule has 2 fully saturated rings. The van der Waals surface area contributed by atoms with Crippen LogP contribution in [0.1, 0.15) is 66.6 Å². The molecule has 5 heteroatoms. The van der Waals surface area contributed by atoms with E-state index < -0.39 is 0 Å². The minimum absolute atomic E-state index is 0.212. The quantitative estimate of drug-likeness (QED) is 0.837. The number of nitrogens with zero attached hydrogens (tertiary/aromatic N) is 2. The van der Waals surface area contributed by atoms with Crippen molar-refractivity contribution in [1.82, 2.24) is 9.88 Å². The summed E-state index contributed by atoms with van der Waals surface area (Å²) in [6, 6.07) is 0.549. The summed E-state index contributed by atoms with van der Waals surface area (Å²) < 4.78 is 12.3. The summed E-state index contributed by atoms with van der Waals surface area (Å²) in [6.07, 6.45) is 9.71. The lowest BCUT2D eigenvalue weighted by Crippen LogP contribution is -2.31. The van der Waals surface area contributed by atoms with E-state index in [9.17, 15) is 0 Å². The fraction of sp³-hybridized carbons (Fsp3) is 0.833. The predicted molar refractivity (Wildman–Crippen MR) is 91.8 cm³/mol. The summed E-state index contributed by atoms with van der Waals surface area (Å²) >= 11 is 1.89. The monoisotopic (exact) mass is 336 g/mol. The summed E-state index contributed by atoms with van der Waals surface area (Å²) in [7, 11) is 2.26. The first-order chi connectivity index (χ1) is 11.2. The van der Waals surface area contributed by atoms with Gasteiger partial charge in [0.2, 0.25) is 0 Å². The third-order valence-corrected chi connectivity index (χ3v) is 6.76.